The van der Waals surface area contributed by atoms with E-state index >= 15 is 0 Å². The Bertz CT molecular complexity index is 586. The molecule has 1 aliphatic rings. The second-order valence-corrected chi connectivity index (χ2v) is 5.46. The quantitative estimate of drug-likeness (QED) is 0.898. The molecular formula is C16H20N4. The van der Waals surface area contributed by atoms with Crippen LogP contribution in [0.1, 0.15) is 17.5 Å². The summed E-state index contributed by atoms with van der Waals surface area (Å²) < 4.78 is 0. The molecule has 2 aromatic rings. The Hall–Kier alpha value is -1.94. The zero-order valence-corrected chi connectivity index (χ0v) is 12.0. The lowest BCUT2D eigenvalue weighted by atomic mass is 10.0. The summed E-state index contributed by atoms with van der Waals surface area (Å²) in [7, 11) is 0. The minimum Gasteiger partial charge on any atom is -0.365 e. The van der Waals surface area contributed by atoms with E-state index in [4.69, 9.17) is 0 Å². The summed E-state index contributed by atoms with van der Waals surface area (Å²) in [5.74, 6) is 0.854. The highest BCUT2D eigenvalue weighted by molar-refractivity contribution is 5.64. The van der Waals surface area contributed by atoms with E-state index in [9.17, 15) is 0 Å². The predicted molar refractivity (Wildman–Crippen MR) is 81.8 cm³/mol. The summed E-state index contributed by atoms with van der Waals surface area (Å²) in [5.41, 5.74) is 4.56. The van der Waals surface area contributed by atoms with Gasteiger partial charge in [0.25, 0.3) is 0 Å². The van der Waals surface area contributed by atoms with Crippen LogP contribution in [0.5, 0.6) is 0 Å². The average molecular weight is 268 g/mol. The molecule has 0 spiro atoms. The van der Waals surface area contributed by atoms with Gasteiger partial charge in [-0.15, -0.1) is 10.2 Å². The van der Waals surface area contributed by atoms with Crippen molar-refractivity contribution < 1.29 is 0 Å². The van der Waals surface area contributed by atoms with Crippen LogP contribution < -0.4 is 10.6 Å². The average Bonchev–Trinajstić information content (AvgIpc) is 2.95. The molecule has 1 aliphatic heterocycles. The molecule has 0 saturated carbocycles. The molecular weight excluding hydrogens is 248 g/mol. The Morgan fingerprint density at radius 2 is 2.05 bits per heavy atom. The number of aromatic nitrogens is 2. The minimum absolute atomic E-state index is 0.468. The van der Waals surface area contributed by atoms with E-state index in [1.165, 1.54) is 11.1 Å². The molecule has 1 fully saturated rings. The normalized spacial score (nSPS) is 18.2. The summed E-state index contributed by atoms with van der Waals surface area (Å²) >= 11 is 0. The van der Waals surface area contributed by atoms with Crippen molar-refractivity contribution in [3.8, 4) is 11.3 Å². The lowest BCUT2D eigenvalue weighted by Gasteiger charge is -2.12. The summed E-state index contributed by atoms with van der Waals surface area (Å²) in [6, 6.07) is 10.9. The standard InChI is InChI=1S/C16H20N4/c1-11-3-4-12(2)14(9-11)15-5-6-16(20-19-15)18-13-7-8-17-10-13/h3-6,9,13,17H,7-8,10H2,1-2H3,(H,18,20). The van der Waals surface area contributed by atoms with Crippen molar-refractivity contribution in [1.82, 2.24) is 15.5 Å². The van der Waals surface area contributed by atoms with Crippen LogP contribution in [-0.2, 0) is 0 Å². The summed E-state index contributed by atoms with van der Waals surface area (Å²) in [6.45, 7) is 6.28. The van der Waals surface area contributed by atoms with Crippen LogP contribution in [0, 0.1) is 13.8 Å². The first-order valence-corrected chi connectivity index (χ1v) is 7.11. The maximum absolute atomic E-state index is 4.36. The number of nitrogens with one attached hydrogen (secondary N) is 2. The van der Waals surface area contributed by atoms with Crippen LogP contribution in [-0.4, -0.2) is 29.3 Å². The van der Waals surface area contributed by atoms with E-state index < -0.39 is 0 Å². The third-order valence-electron chi connectivity index (χ3n) is 3.75. The van der Waals surface area contributed by atoms with E-state index in [0.717, 1.165) is 36.6 Å². The predicted octanol–water partition coefficient (Wildman–Crippen LogP) is 2.53. The van der Waals surface area contributed by atoms with Crippen LogP contribution in [0.2, 0.25) is 0 Å². The van der Waals surface area contributed by atoms with E-state index in [1.807, 2.05) is 12.1 Å². The van der Waals surface area contributed by atoms with Crippen molar-refractivity contribution in [3.05, 3.63) is 41.5 Å². The van der Waals surface area contributed by atoms with Gasteiger partial charge in [0.15, 0.2) is 0 Å². The Kier molecular flexibility index (Phi) is 3.65. The SMILES string of the molecule is Cc1ccc(C)c(-c2ccc(NC3CCNC3)nn2)c1. The highest BCUT2D eigenvalue weighted by atomic mass is 15.2. The third-order valence-corrected chi connectivity index (χ3v) is 3.75. The van der Waals surface area contributed by atoms with Crippen LogP contribution in [0.25, 0.3) is 11.3 Å². The van der Waals surface area contributed by atoms with E-state index in [2.05, 4.69) is 52.9 Å². The molecule has 0 amide bonds. The largest absolute Gasteiger partial charge is 0.365 e. The van der Waals surface area contributed by atoms with Crippen molar-refractivity contribution in [2.24, 2.45) is 0 Å². The first-order valence-electron chi connectivity index (χ1n) is 7.11. The Balaban J connectivity index is 1.79. The van der Waals surface area contributed by atoms with E-state index in [-0.39, 0.29) is 0 Å². The van der Waals surface area contributed by atoms with Crippen molar-refractivity contribution in [1.29, 1.82) is 0 Å². The molecule has 0 aliphatic carbocycles. The fourth-order valence-corrected chi connectivity index (χ4v) is 2.55. The monoisotopic (exact) mass is 268 g/mol. The number of rotatable bonds is 3. The summed E-state index contributed by atoms with van der Waals surface area (Å²) in [4.78, 5) is 0. The second-order valence-electron chi connectivity index (χ2n) is 5.46. The topological polar surface area (TPSA) is 49.8 Å². The Labute approximate surface area is 119 Å². The summed E-state index contributed by atoms with van der Waals surface area (Å²) in [6.07, 6.45) is 1.14. The zero-order chi connectivity index (χ0) is 13.9. The highest BCUT2D eigenvalue weighted by Crippen LogP contribution is 2.23. The van der Waals surface area contributed by atoms with Gasteiger partial charge in [0.1, 0.15) is 5.82 Å². The van der Waals surface area contributed by atoms with Crippen molar-refractivity contribution in [2.75, 3.05) is 18.4 Å². The first-order chi connectivity index (χ1) is 9.72. The molecule has 1 unspecified atom stereocenters. The van der Waals surface area contributed by atoms with Gasteiger partial charge in [-0.3, -0.25) is 0 Å². The van der Waals surface area contributed by atoms with E-state index in [0.29, 0.717) is 6.04 Å². The third kappa shape index (κ3) is 2.80. The fraction of sp³-hybridized carbons (Fsp3) is 0.375. The first kappa shape index (κ1) is 13.1. The number of hydrogen-bond donors (Lipinski definition) is 2. The molecule has 4 heteroatoms. The molecule has 3 rings (SSSR count). The van der Waals surface area contributed by atoms with Crippen molar-refractivity contribution in [2.45, 2.75) is 26.3 Å². The van der Waals surface area contributed by atoms with Gasteiger partial charge >= 0.3 is 0 Å². The van der Waals surface area contributed by atoms with Gasteiger partial charge in [-0.25, -0.2) is 0 Å². The molecule has 2 heterocycles. The highest BCUT2D eigenvalue weighted by Gasteiger charge is 2.14. The number of anilines is 1. The molecule has 20 heavy (non-hydrogen) atoms. The number of aryl methyl sites for hydroxylation is 2. The van der Waals surface area contributed by atoms with Gasteiger partial charge in [-0.05, 0) is 50.6 Å². The molecule has 4 nitrogen and oxygen atoms in total. The van der Waals surface area contributed by atoms with Gasteiger partial charge in [0, 0.05) is 18.2 Å². The number of hydrogen-bond acceptors (Lipinski definition) is 4. The molecule has 0 bridgehead atoms. The van der Waals surface area contributed by atoms with E-state index in [1.54, 1.807) is 0 Å². The van der Waals surface area contributed by atoms with Crippen molar-refractivity contribution >= 4 is 5.82 Å². The number of benzene rings is 1. The summed E-state index contributed by atoms with van der Waals surface area (Å²) in [5, 5.41) is 15.4. The Morgan fingerprint density at radius 3 is 2.75 bits per heavy atom. The van der Waals surface area contributed by atoms with Gasteiger partial charge in [-0.2, -0.15) is 0 Å². The zero-order valence-electron chi connectivity index (χ0n) is 12.0. The number of nitrogens with zero attached hydrogens (tertiary/aromatic N) is 2. The van der Waals surface area contributed by atoms with Crippen LogP contribution >= 0.6 is 0 Å². The molecule has 2 N–H and O–H groups in total. The van der Waals surface area contributed by atoms with Crippen LogP contribution in [0.3, 0.4) is 0 Å². The molecule has 1 aromatic heterocycles. The van der Waals surface area contributed by atoms with Gasteiger partial charge < -0.3 is 10.6 Å². The molecule has 1 saturated heterocycles. The molecule has 1 atom stereocenters. The molecule has 104 valence electrons. The lowest BCUT2D eigenvalue weighted by molar-refractivity contribution is 0.783. The fourth-order valence-electron chi connectivity index (χ4n) is 2.55. The molecule has 1 aromatic carbocycles. The van der Waals surface area contributed by atoms with Crippen molar-refractivity contribution in [3.63, 3.8) is 0 Å². The van der Waals surface area contributed by atoms with Crippen LogP contribution in [0.15, 0.2) is 30.3 Å². The second kappa shape index (κ2) is 5.59. The van der Waals surface area contributed by atoms with Crippen LogP contribution in [0.4, 0.5) is 5.82 Å². The molecule has 0 radical (unpaired) electrons. The lowest BCUT2D eigenvalue weighted by Crippen LogP contribution is -2.22. The van der Waals surface area contributed by atoms with Gasteiger partial charge in [0.2, 0.25) is 0 Å². The Morgan fingerprint density at radius 1 is 1.15 bits per heavy atom. The minimum atomic E-state index is 0.468. The smallest absolute Gasteiger partial charge is 0.148 e. The van der Waals surface area contributed by atoms with Gasteiger partial charge in [-0.1, -0.05) is 17.7 Å². The maximum atomic E-state index is 4.36. The van der Waals surface area contributed by atoms with Gasteiger partial charge in [0.05, 0.1) is 5.69 Å². The maximum Gasteiger partial charge on any atom is 0.148 e.